The molecule has 20 heavy (non-hydrogen) atoms. The Bertz CT molecular complexity index is 345. The number of halogens is 1. The fourth-order valence-corrected chi connectivity index (χ4v) is 6.42. The lowest BCUT2D eigenvalue weighted by molar-refractivity contribution is -0.168. The number of ether oxygens (including phenoxy) is 1. The number of rotatable bonds is 2. The van der Waals surface area contributed by atoms with Gasteiger partial charge in [-0.2, -0.15) is 0 Å². The fraction of sp³-hybridized carbons (Fsp3) is 1.00. The molecule has 116 valence electrons. The molecular weight excluding hydrogens is 312 g/mol. The van der Waals surface area contributed by atoms with Crippen molar-refractivity contribution in [1.82, 2.24) is 0 Å². The summed E-state index contributed by atoms with van der Waals surface area (Å²) in [4.78, 5) is 0.717. The summed E-state index contributed by atoms with van der Waals surface area (Å²) in [6.45, 7) is 7.24. The van der Waals surface area contributed by atoms with E-state index in [4.69, 9.17) is 4.74 Å². The van der Waals surface area contributed by atoms with E-state index in [1.807, 2.05) is 0 Å². The molecular formula is C18H31BrO. The highest BCUT2D eigenvalue weighted by molar-refractivity contribution is 9.09. The standard InChI is InChI=1S/C18H31BrO/c1-13-9-14(12-17(2,3)11-13)20-16-10-15(19)18(16)7-5-4-6-8-18/h13-16H,4-12H2,1-3H3. The lowest BCUT2D eigenvalue weighted by atomic mass is 9.58. The Morgan fingerprint density at radius 2 is 1.70 bits per heavy atom. The first-order chi connectivity index (χ1) is 9.41. The van der Waals surface area contributed by atoms with Gasteiger partial charge in [0.25, 0.3) is 0 Å². The van der Waals surface area contributed by atoms with E-state index < -0.39 is 0 Å². The van der Waals surface area contributed by atoms with Crippen LogP contribution in [0.4, 0.5) is 0 Å². The van der Waals surface area contributed by atoms with E-state index in [-0.39, 0.29) is 0 Å². The van der Waals surface area contributed by atoms with Crippen molar-refractivity contribution in [3.05, 3.63) is 0 Å². The maximum atomic E-state index is 6.67. The van der Waals surface area contributed by atoms with Crippen LogP contribution in [0, 0.1) is 16.7 Å². The molecule has 0 amide bonds. The number of alkyl halides is 1. The summed E-state index contributed by atoms with van der Waals surface area (Å²) < 4.78 is 6.67. The van der Waals surface area contributed by atoms with Gasteiger partial charge in [0.15, 0.2) is 0 Å². The topological polar surface area (TPSA) is 9.23 Å². The van der Waals surface area contributed by atoms with Crippen molar-refractivity contribution in [2.75, 3.05) is 0 Å². The van der Waals surface area contributed by atoms with Crippen molar-refractivity contribution in [3.8, 4) is 0 Å². The zero-order valence-corrected chi connectivity index (χ0v) is 15.0. The fourth-order valence-electron chi connectivity index (χ4n) is 5.33. The largest absolute Gasteiger partial charge is 0.374 e. The van der Waals surface area contributed by atoms with Gasteiger partial charge in [0.1, 0.15) is 0 Å². The molecule has 0 saturated heterocycles. The normalized spacial score (nSPS) is 43.2. The molecule has 3 rings (SSSR count). The zero-order chi connectivity index (χ0) is 14.4. The lowest BCUT2D eigenvalue weighted by Crippen LogP contribution is -2.57. The van der Waals surface area contributed by atoms with Crippen LogP contribution in [0.15, 0.2) is 0 Å². The summed E-state index contributed by atoms with van der Waals surface area (Å²) >= 11 is 3.94. The van der Waals surface area contributed by atoms with Gasteiger partial charge in [0.05, 0.1) is 12.2 Å². The maximum Gasteiger partial charge on any atom is 0.0656 e. The van der Waals surface area contributed by atoms with Crippen molar-refractivity contribution >= 4 is 15.9 Å². The minimum Gasteiger partial charge on any atom is -0.374 e. The molecule has 4 atom stereocenters. The summed E-state index contributed by atoms with van der Waals surface area (Å²) in [5, 5.41) is 0. The molecule has 0 aromatic heterocycles. The molecule has 3 saturated carbocycles. The van der Waals surface area contributed by atoms with Crippen LogP contribution in [-0.4, -0.2) is 17.0 Å². The smallest absolute Gasteiger partial charge is 0.0656 e. The second-order valence-corrected chi connectivity index (χ2v) is 9.76. The summed E-state index contributed by atoms with van der Waals surface area (Å²) in [5.41, 5.74) is 0.961. The Morgan fingerprint density at radius 1 is 1.00 bits per heavy atom. The first-order valence-electron chi connectivity index (χ1n) is 8.71. The monoisotopic (exact) mass is 342 g/mol. The molecule has 4 unspecified atom stereocenters. The molecule has 0 aromatic rings. The van der Waals surface area contributed by atoms with Crippen LogP contribution in [0.2, 0.25) is 0 Å². The highest BCUT2D eigenvalue weighted by Gasteiger charge is 2.55. The van der Waals surface area contributed by atoms with Crippen LogP contribution >= 0.6 is 15.9 Å². The molecule has 0 heterocycles. The highest BCUT2D eigenvalue weighted by Crippen LogP contribution is 2.57. The van der Waals surface area contributed by atoms with E-state index >= 15 is 0 Å². The third kappa shape index (κ3) is 2.84. The van der Waals surface area contributed by atoms with Crippen LogP contribution < -0.4 is 0 Å². The quantitative estimate of drug-likeness (QED) is 0.584. The summed E-state index contributed by atoms with van der Waals surface area (Å²) in [5.74, 6) is 0.825. The Balaban J connectivity index is 1.63. The van der Waals surface area contributed by atoms with Crippen LogP contribution in [0.25, 0.3) is 0 Å². The maximum absolute atomic E-state index is 6.67. The lowest BCUT2D eigenvalue weighted by Gasteiger charge is -2.57. The van der Waals surface area contributed by atoms with Crippen molar-refractivity contribution in [2.24, 2.45) is 16.7 Å². The van der Waals surface area contributed by atoms with Gasteiger partial charge in [-0.05, 0) is 49.9 Å². The second kappa shape index (κ2) is 5.57. The van der Waals surface area contributed by atoms with Gasteiger partial charge in [-0.3, -0.25) is 0 Å². The zero-order valence-electron chi connectivity index (χ0n) is 13.5. The van der Waals surface area contributed by atoms with E-state index in [1.165, 1.54) is 57.8 Å². The van der Waals surface area contributed by atoms with E-state index in [2.05, 4.69) is 36.7 Å². The molecule has 3 aliphatic carbocycles. The summed E-state index contributed by atoms with van der Waals surface area (Å²) in [6, 6.07) is 0. The van der Waals surface area contributed by atoms with Crippen LogP contribution in [-0.2, 0) is 4.74 Å². The molecule has 2 heteroatoms. The van der Waals surface area contributed by atoms with E-state index in [1.54, 1.807) is 0 Å². The second-order valence-electron chi connectivity index (χ2n) is 8.66. The van der Waals surface area contributed by atoms with Gasteiger partial charge in [-0.1, -0.05) is 56.0 Å². The van der Waals surface area contributed by atoms with Crippen LogP contribution in [0.1, 0.15) is 78.6 Å². The molecule has 0 aromatic carbocycles. The molecule has 0 bridgehead atoms. The molecule has 0 radical (unpaired) electrons. The van der Waals surface area contributed by atoms with Gasteiger partial charge < -0.3 is 4.74 Å². The molecule has 3 fully saturated rings. The van der Waals surface area contributed by atoms with E-state index in [9.17, 15) is 0 Å². The average Bonchev–Trinajstić information content (AvgIpc) is 2.37. The Labute approximate surface area is 133 Å². The van der Waals surface area contributed by atoms with Gasteiger partial charge >= 0.3 is 0 Å². The summed E-state index contributed by atoms with van der Waals surface area (Å²) in [6.07, 6.45) is 13.2. The predicted molar refractivity (Wildman–Crippen MR) is 88.3 cm³/mol. The molecule has 0 aliphatic heterocycles. The number of hydrogen-bond acceptors (Lipinski definition) is 1. The third-order valence-electron chi connectivity index (χ3n) is 6.17. The Morgan fingerprint density at radius 3 is 2.30 bits per heavy atom. The van der Waals surface area contributed by atoms with Crippen LogP contribution in [0.3, 0.4) is 0 Å². The predicted octanol–water partition coefficient (Wildman–Crippen LogP) is 5.70. The van der Waals surface area contributed by atoms with Gasteiger partial charge in [0, 0.05) is 10.2 Å². The van der Waals surface area contributed by atoms with Crippen molar-refractivity contribution < 1.29 is 4.74 Å². The first-order valence-corrected chi connectivity index (χ1v) is 9.62. The Kier molecular flexibility index (Phi) is 4.27. The van der Waals surface area contributed by atoms with Crippen molar-refractivity contribution in [1.29, 1.82) is 0 Å². The number of hydrogen-bond donors (Lipinski definition) is 0. The highest BCUT2D eigenvalue weighted by atomic mass is 79.9. The summed E-state index contributed by atoms with van der Waals surface area (Å²) in [7, 11) is 0. The van der Waals surface area contributed by atoms with Crippen molar-refractivity contribution in [3.63, 3.8) is 0 Å². The first kappa shape index (κ1) is 15.3. The Hall–Kier alpha value is 0.440. The molecule has 0 N–H and O–H groups in total. The van der Waals surface area contributed by atoms with Gasteiger partial charge in [0.2, 0.25) is 0 Å². The average molecular weight is 343 g/mol. The molecule has 1 spiro atoms. The van der Waals surface area contributed by atoms with Crippen molar-refractivity contribution in [2.45, 2.75) is 95.6 Å². The van der Waals surface area contributed by atoms with E-state index in [0.29, 0.717) is 27.9 Å². The van der Waals surface area contributed by atoms with Gasteiger partial charge in [-0.15, -0.1) is 0 Å². The van der Waals surface area contributed by atoms with Gasteiger partial charge in [-0.25, -0.2) is 0 Å². The molecule has 3 aliphatic rings. The molecule has 1 nitrogen and oxygen atoms in total. The van der Waals surface area contributed by atoms with Crippen LogP contribution in [0.5, 0.6) is 0 Å². The SMILES string of the molecule is CC1CC(OC2CC(Br)C23CCCCC3)CC(C)(C)C1. The third-order valence-corrected chi connectivity index (χ3v) is 7.46. The minimum atomic E-state index is 0.472. The minimum absolute atomic E-state index is 0.472. The van der Waals surface area contributed by atoms with E-state index in [0.717, 1.165) is 5.92 Å².